The van der Waals surface area contributed by atoms with Crippen LogP contribution >= 0.6 is 0 Å². The summed E-state index contributed by atoms with van der Waals surface area (Å²) in [5.41, 5.74) is 7.92. The van der Waals surface area contributed by atoms with Gasteiger partial charge < -0.3 is 15.2 Å². The summed E-state index contributed by atoms with van der Waals surface area (Å²) < 4.78 is 2.19. The molecule has 0 radical (unpaired) electrons. The maximum atomic E-state index is 5.98. The Hall–Kier alpha value is -1.97. The molecule has 0 aliphatic carbocycles. The van der Waals surface area contributed by atoms with Gasteiger partial charge in [-0.25, -0.2) is 4.98 Å². The fourth-order valence-electron chi connectivity index (χ4n) is 2.15. The van der Waals surface area contributed by atoms with Crippen molar-refractivity contribution in [1.82, 2.24) is 9.55 Å². The van der Waals surface area contributed by atoms with Crippen LogP contribution in [0.25, 0.3) is 0 Å². The molecule has 0 atom stereocenters. The van der Waals surface area contributed by atoms with Gasteiger partial charge in [0.25, 0.3) is 0 Å². The Bertz CT molecular complexity index is 503. The van der Waals surface area contributed by atoms with Crippen LogP contribution in [-0.4, -0.2) is 16.1 Å². The molecule has 16 heavy (non-hydrogen) atoms. The second-order valence-corrected chi connectivity index (χ2v) is 4.02. The summed E-state index contributed by atoms with van der Waals surface area (Å²) in [6, 6.07) is 7.99. The standard InChI is InChI=1S/C12H14N4/c13-10-3-1-2-4-11(10)16-8-7-15-6-5-14-12(15)9-16/h1-6H,7-9,13H2. The Morgan fingerprint density at radius 1 is 1.19 bits per heavy atom. The number of fused-ring (bicyclic) bond motifs is 1. The lowest BCUT2D eigenvalue weighted by Crippen LogP contribution is -2.33. The van der Waals surface area contributed by atoms with Gasteiger partial charge in [0.2, 0.25) is 0 Å². The first-order valence-electron chi connectivity index (χ1n) is 5.44. The highest BCUT2D eigenvalue weighted by molar-refractivity contribution is 5.67. The Morgan fingerprint density at radius 3 is 2.94 bits per heavy atom. The van der Waals surface area contributed by atoms with Crippen LogP contribution in [0.4, 0.5) is 11.4 Å². The van der Waals surface area contributed by atoms with Gasteiger partial charge >= 0.3 is 0 Å². The molecule has 2 heterocycles. The molecule has 1 aromatic carbocycles. The zero-order valence-electron chi connectivity index (χ0n) is 9.00. The van der Waals surface area contributed by atoms with Crippen molar-refractivity contribution >= 4 is 11.4 Å². The highest BCUT2D eigenvalue weighted by Gasteiger charge is 2.17. The number of nitrogens with two attached hydrogens (primary N) is 1. The van der Waals surface area contributed by atoms with Crippen molar-refractivity contribution in [3.8, 4) is 0 Å². The molecule has 1 aliphatic heterocycles. The number of anilines is 2. The van der Waals surface area contributed by atoms with Crippen molar-refractivity contribution < 1.29 is 0 Å². The van der Waals surface area contributed by atoms with Gasteiger partial charge in [-0.2, -0.15) is 0 Å². The lowest BCUT2D eigenvalue weighted by Gasteiger charge is -2.30. The number of aromatic nitrogens is 2. The van der Waals surface area contributed by atoms with E-state index in [-0.39, 0.29) is 0 Å². The summed E-state index contributed by atoms with van der Waals surface area (Å²) >= 11 is 0. The molecule has 1 aliphatic rings. The molecule has 4 nitrogen and oxygen atoms in total. The lowest BCUT2D eigenvalue weighted by molar-refractivity contribution is 0.560. The molecule has 0 saturated heterocycles. The van der Waals surface area contributed by atoms with Gasteiger partial charge in [-0.1, -0.05) is 12.1 Å². The second kappa shape index (κ2) is 3.56. The van der Waals surface area contributed by atoms with Gasteiger partial charge in [0.15, 0.2) is 0 Å². The van der Waals surface area contributed by atoms with Crippen LogP contribution in [0, 0.1) is 0 Å². The van der Waals surface area contributed by atoms with E-state index in [1.54, 1.807) is 0 Å². The summed E-state index contributed by atoms with van der Waals surface area (Å²) in [5.74, 6) is 1.11. The molecule has 2 N–H and O–H groups in total. The van der Waals surface area contributed by atoms with Crippen LogP contribution in [0.1, 0.15) is 5.82 Å². The molecule has 0 spiro atoms. The maximum absolute atomic E-state index is 5.98. The van der Waals surface area contributed by atoms with Gasteiger partial charge in [0.1, 0.15) is 5.82 Å². The molecule has 0 amide bonds. The van der Waals surface area contributed by atoms with Crippen molar-refractivity contribution in [2.24, 2.45) is 0 Å². The van der Waals surface area contributed by atoms with Crippen molar-refractivity contribution in [2.45, 2.75) is 13.1 Å². The number of para-hydroxylation sites is 2. The van der Waals surface area contributed by atoms with E-state index in [2.05, 4.69) is 20.5 Å². The average molecular weight is 214 g/mol. The Balaban J connectivity index is 1.92. The maximum Gasteiger partial charge on any atom is 0.128 e. The van der Waals surface area contributed by atoms with E-state index >= 15 is 0 Å². The number of rotatable bonds is 1. The summed E-state index contributed by atoms with van der Waals surface area (Å²) in [6.45, 7) is 2.79. The fraction of sp³-hybridized carbons (Fsp3) is 0.250. The Kier molecular flexibility index (Phi) is 2.06. The summed E-state index contributed by atoms with van der Waals surface area (Å²) in [6.07, 6.45) is 3.88. The van der Waals surface area contributed by atoms with Gasteiger partial charge in [0.05, 0.1) is 17.9 Å². The summed E-state index contributed by atoms with van der Waals surface area (Å²) in [5, 5.41) is 0. The third-order valence-electron chi connectivity index (χ3n) is 3.02. The lowest BCUT2D eigenvalue weighted by atomic mass is 10.2. The van der Waals surface area contributed by atoms with Crippen LogP contribution in [0.15, 0.2) is 36.7 Å². The third-order valence-corrected chi connectivity index (χ3v) is 3.02. The smallest absolute Gasteiger partial charge is 0.128 e. The number of hydrogen-bond acceptors (Lipinski definition) is 3. The molecule has 3 rings (SSSR count). The monoisotopic (exact) mass is 214 g/mol. The molecular formula is C12H14N4. The minimum Gasteiger partial charge on any atom is -0.397 e. The number of hydrogen-bond donors (Lipinski definition) is 1. The first-order chi connectivity index (χ1) is 7.84. The van der Waals surface area contributed by atoms with E-state index in [0.717, 1.165) is 36.8 Å². The molecule has 4 heteroatoms. The van der Waals surface area contributed by atoms with E-state index in [9.17, 15) is 0 Å². The quantitative estimate of drug-likeness (QED) is 0.731. The first-order valence-corrected chi connectivity index (χ1v) is 5.44. The Morgan fingerprint density at radius 2 is 2.06 bits per heavy atom. The van der Waals surface area contributed by atoms with E-state index in [4.69, 9.17) is 5.73 Å². The average Bonchev–Trinajstić information content (AvgIpc) is 2.76. The number of nitrogens with zero attached hydrogens (tertiary/aromatic N) is 3. The highest BCUT2D eigenvalue weighted by atomic mass is 15.2. The third kappa shape index (κ3) is 1.43. The van der Waals surface area contributed by atoms with Crippen LogP contribution in [0.3, 0.4) is 0 Å². The van der Waals surface area contributed by atoms with E-state index < -0.39 is 0 Å². The van der Waals surface area contributed by atoms with Gasteiger partial charge in [-0.05, 0) is 12.1 Å². The van der Waals surface area contributed by atoms with Crippen molar-refractivity contribution in [3.63, 3.8) is 0 Å². The van der Waals surface area contributed by atoms with Crippen molar-refractivity contribution in [2.75, 3.05) is 17.2 Å². The molecule has 0 bridgehead atoms. The summed E-state index contributed by atoms with van der Waals surface area (Å²) in [4.78, 5) is 6.62. The van der Waals surface area contributed by atoms with Crippen LogP contribution < -0.4 is 10.6 Å². The SMILES string of the molecule is Nc1ccccc1N1CCn2ccnc2C1. The normalized spacial score (nSPS) is 14.9. The molecule has 82 valence electrons. The number of imidazole rings is 1. The van der Waals surface area contributed by atoms with E-state index in [0.29, 0.717) is 0 Å². The number of nitrogen functional groups attached to an aromatic ring is 1. The zero-order valence-corrected chi connectivity index (χ0v) is 9.00. The minimum atomic E-state index is 0.835. The van der Waals surface area contributed by atoms with Crippen LogP contribution in [0.2, 0.25) is 0 Å². The fourth-order valence-corrected chi connectivity index (χ4v) is 2.15. The topological polar surface area (TPSA) is 47.1 Å². The van der Waals surface area contributed by atoms with Crippen LogP contribution in [0.5, 0.6) is 0 Å². The predicted molar refractivity (Wildman–Crippen MR) is 64.1 cm³/mol. The molecular weight excluding hydrogens is 200 g/mol. The molecule has 2 aromatic rings. The zero-order chi connectivity index (χ0) is 11.0. The van der Waals surface area contributed by atoms with E-state index in [1.165, 1.54) is 0 Å². The molecule has 0 saturated carbocycles. The predicted octanol–water partition coefficient (Wildman–Crippen LogP) is 1.49. The van der Waals surface area contributed by atoms with Gasteiger partial charge in [0, 0.05) is 25.5 Å². The molecule has 0 unspecified atom stereocenters. The Labute approximate surface area is 94.3 Å². The molecule has 0 fully saturated rings. The van der Waals surface area contributed by atoms with E-state index in [1.807, 2.05) is 30.6 Å². The molecule has 1 aromatic heterocycles. The van der Waals surface area contributed by atoms with Crippen LogP contribution in [-0.2, 0) is 13.1 Å². The largest absolute Gasteiger partial charge is 0.397 e. The van der Waals surface area contributed by atoms with Gasteiger partial charge in [-0.15, -0.1) is 0 Å². The number of benzene rings is 1. The minimum absolute atomic E-state index is 0.835. The second-order valence-electron chi connectivity index (χ2n) is 4.02. The highest BCUT2D eigenvalue weighted by Crippen LogP contribution is 2.25. The first kappa shape index (κ1) is 9.27. The van der Waals surface area contributed by atoms with Crippen molar-refractivity contribution in [1.29, 1.82) is 0 Å². The summed E-state index contributed by atoms with van der Waals surface area (Å²) in [7, 11) is 0. The van der Waals surface area contributed by atoms with Gasteiger partial charge in [-0.3, -0.25) is 0 Å². The van der Waals surface area contributed by atoms with Crippen molar-refractivity contribution in [3.05, 3.63) is 42.5 Å².